The lowest BCUT2D eigenvalue weighted by Gasteiger charge is -2.08. The molecule has 0 saturated carbocycles. The maximum atomic E-state index is 12.0. The summed E-state index contributed by atoms with van der Waals surface area (Å²) in [6.45, 7) is -0.140. The van der Waals surface area contributed by atoms with Crippen LogP contribution >= 0.6 is 11.6 Å². The predicted octanol–water partition coefficient (Wildman–Crippen LogP) is 2.71. The minimum Gasteiger partial charge on any atom is -0.495 e. The minimum atomic E-state index is -0.518. The molecule has 2 rings (SSSR count). The first-order valence-electron chi connectivity index (χ1n) is 6.40. The second-order valence-electron chi connectivity index (χ2n) is 4.45. The van der Waals surface area contributed by atoms with E-state index in [1.807, 2.05) is 0 Å². The summed E-state index contributed by atoms with van der Waals surface area (Å²) in [4.78, 5) is 23.0. The first-order valence-corrected chi connectivity index (χ1v) is 6.78. The zero-order chi connectivity index (χ0) is 16.1. The summed E-state index contributed by atoms with van der Waals surface area (Å²) in [7, 11) is 1.50. The van der Waals surface area contributed by atoms with Crippen molar-refractivity contribution in [2.45, 2.75) is 0 Å². The molecule has 2 N–H and O–H groups in total. The Hall–Kier alpha value is -2.53. The van der Waals surface area contributed by atoms with Crippen molar-refractivity contribution in [3.8, 4) is 11.5 Å². The number of hydrogen-bond acceptors (Lipinski definition) is 4. The Morgan fingerprint density at radius 1 is 1.09 bits per heavy atom. The monoisotopic (exact) mass is 319 g/mol. The van der Waals surface area contributed by atoms with Gasteiger partial charge in [-0.3, -0.25) is 9.59 Å². The lowest BCUT2D eigenvalue weighted by molar-refractivity contribution is 0.0920. The molecule has 6 heteroatoms. The average molecular weight is 320 g/mol. The van der Waals surface area contributed by atoms with E-state index in [4.69, 9.17) is 26.8 Å². The zero-order valence-electron chi connectivity index (χ0n) is 11.8. The van der Waals surface area contributed by atoms with Crippen molar-refractivity contribution in [2.75, 3.05) is 13.7 Å². The van der Waals surface area contributed by atoms with Gasteiger partial charge in [0, 0.05) is 11.1 Å². The van der Waals surface area contributed by atoms with E-state index >= 15 is 0 Å². The maximum absolute atomic E-state index is 12.0. The summed E-state index contributed by atoms with van der Waals surface area (Å²) >= 11 is 5.98. The largest absolute Gasteiger partial charge is 0.495 e. The highest BCUT2D eigenvalue weighted by molar-refractivity contribution is 6.32. The molecule has 22 heavy (non-hydrogen) atoms. The van der Waals surface area contributed by atoms with Gasteiger partial charge in [0.1, 0.15) is 11.5 Å². The molecule has 114 valence electrons. The lowest BCUT2D eigenvalue weighted by atomic mass is 10.1. The number of carbonyl (C=O) groups is 2. The van der Waals surface area contributed by atoms with Crippen LogP contribution < -0.4 is 15.2 Å². The molecular formula is C16H14ClNO4. The van der Waals surface area contributed by atoms with E-state index in [-0.39, 0.29) is 12.4 Å². The van der Waals surface area contributed by atoms with Crippen LogP contribution in [-0.4, -0.2) is 25.4 Å². The molecule has 0 radical (unpaired) electrons. The summed E-state index contributed by atoms with van der Waals surface area (Å²) in [6, 6.07) is 11.0. The highest BCUT2D eigenvalue weighted by atomic mass is 35.5. The molecule has 0 aliphatic rings. The summed E-state index contributed by atoms with van der Waals surface area (Å²) in [5.74, 6) is 0.234. The van der Waals surface area contributed by atoms with Gasteiger partial charge in [0.15, 0.2) is 12.4 Å². The first kappa shape index (κ1) is 15.9. The van der Waals surface area contributed by atoms with Gasteiger partial charge in [-0.25, -0.2) is 0 Å². The third-order valence-electron chi connectivity index (χ3n) is 2.98. The number of primary amides is 1. The van der Waals surface area contributed by atoms with Crippen LogP contribution in [0.25, 0.3) is 0 Å². The number of methoxy groups -OCH3 is 1. The second-order valence-corrected chi connectivity index (χ2v) is 4.86. The fourth-order valence-electron chi connectivity index (χ4n) is 1.79. The molecule has 0 atom stereocenters. The Kier molecular flexibility index (Phi) is 5.01. The van der Waals surface area contributed by atoms with Gasteiger partial charge in [-0.2, -0.15) is 0 Å². The van der Waals surface area contributed by atoms with Crippen LogP contribution in [0.3, 0.4) is 0 Å². The number of Topliss-reactive ketones (excluding diaryl/α,β-unsaturated/α-hetero) is 1. The van der Waals surface area contributed by atoms with Gasteiger partial charge in [-0.1, -0.05) is 11.6 Å². The molecule has 0 aromatic heterocycles. The molecule has 0 aliphatic heterocycles. The van der Waals surface area contributed by atoms with Gasteiger partial charge in [0.25, 0.3) is 0 Å². The van der Waals surface area contributed by atoms with Crippen LogP contribution in [0.5, 0.6) is 11.5 Å². The Morgan fingerprint density at radius 3 is 2.27 bits per heavy atom. The van der Waals surface area contributed by atoms with Crippen molar-refractivity contribution >= 4 is 23.3 Å². The molecule has 0 bridgehead atoms. The smallest absolute Gasteiger partial charge is 0.248 e. The molecule has 0 aliphatic carbocycles. The summed E-state index contributed by atoms with van der Waals surface area (Å²) < 4.78 is 10.4. The van der Waals surface area contributed by atoms with Gasteiger partial charge < -0.3 is 15.2 Å². The Balaban J connectivity index is 2.00. The minimum absolute atomic E-state index is 0.140. The number of amides is 1. The summed E-state index contributed by atoms with van der Waals surface area (Å²) in [5.41, 5.74) is 5.95. The quantitative estimate of drug-likeness (QED) is 0.830. The Morgan fingerprint density at radius 2 is 1.73 bits per heavy atom. The van der Waals surface area contributed by atoms with Crippen molar-refractivity contribution in [3.05, 3.63) is 58.6 Å². The molecule has 0 fully saturated rings. The third kappa shape index (κ3) is 3.77. The molecule has 5 nitrogen and oxygen atoms in total. The van der Waals surface area contributed by atoms with Crippen LogP contribution in [0, 0.1) is 0 Å². The van der Waals surface area contributed by atoms with Gasteiger partial charge in [0.2, 0.25) is 5.91 Å². The topological polar surface area (TPSA) is 78.6 Å². The first-order chi connectivity index (χ1) is 10.5. The number of ketones is 1. The predicted molar refractivity (Wildman–Crippen MR) is 82.8 cm³/mol. The molecule has 0 unspecified atom stereocenters. The van der Waals surface area contributed by atoms with E-state index in [1.54, 1.807) is 24.3 Å². The number of nitrogens with two attached hydrogens (primary N) is 1. The van der Waals surface area contributed by atoms with Crippen LogP contribution in [0.15, 0.2) is 42.5 Å². The van der Waals surface area contributed by atoms with Gasteiger partial charge >= 0.3 is 0 Å². The van der Waals surface area contributed by atoms with Crippen molar-refractivity contribution in [2.24, 2.45) is 5.73 Å². The number of rotatable bonds is 6. The summed E-state index contributed by atoms with van der Waals surface area (Å²) in [5, 5.41) is 0.360. The van der Waals surface area contributed by atoms with Crippen LogP contribution in [0.1, 0.15) is 20.7 Å². The van der Waals surface area contributed by atoms with Gasteiger partial charge in [-0.05, 0) is 42.5 Å². The van der Waals surface area contributed by atoms with Crippen molar-refractivity contribution in [1.82, 2.24) is 0 Å². The number of ether oxygens (including phenoxy) is 2. The van der Waals surface area contributed by atoms with E-state index in [0.717, 1.165) is 0 Å². The van der Waals surface area contributed by atoms with E-state index in [0.29, 0.717) is 27.6 Å². The number of benzene rings is 2. The van der Waals surface area contributed by atoms with E-state index in [2.05, 4.69) is 0 Å². The van der Waals surface area contributed by atoms with E-state index in [1.165, 1.54) is 25.3 Å². The van der Waals surface area contributed by atoms with E-state index < -0.39 is 5.91 Å². The van der Waals surface area contributed by atoms with Crippen LogP contribution in [0.4, 0.5) is 0 Å². The molecule has 0 saturated heterocycles. The SMILES string of the molecule is COc1ccc(C(=O)COc2ccc(C(N)=O)cc2)cc1Cl. The number of carbonyl (C=O) groups excluding carboxylic acids is 2. The van der Waals surface area contributed by atoms with Crippen molar-refractivity contribution in [1.29, 1.82) is 0 Å². The van der Waals surface area contributed by atoms with Crippen LogP contribution in [-0.2, 0) is 0 Å². The highest BCUT2D eigenvalue weighted by Crippen LogP contribution is 2.25. The molecule has 2 aromatic carbocycles. The van der Waals surface area contributed by atoms with Crippen LogP contribution in [0.2, 0.25) is 5.02 Å². The fourth-order valence-corrected chi connectivity index (χ4v) is 2.05. The van der Waals surface area contributed by atoms with Crippen molar-refractivity contribution < 1.29 is 19.1 Å². The van der Waals surface area contributed by atoms with Gasteiger partial charge in [0.05, 0.1) is 12.1 Å². The fraction of sp³-hybridized carbons (Fsp3) is 0.125. The molecule has 1 amide bonds. The third-order valence-corrected chi connectivity index (χ3v) is 3.28. The molecule has 0 spiro atoms. The molecular weight excluding hydrogens is 306 g/mol. The maximum Gasteiger partial charge on any atom is 0.248 e. The zero-order valence-corrected chi connectivity index (χ0v) is 12.6. The standard InChI is InChI=1S/C16H14ClNO4/c1-21-15-7-4-11(8-13(15)17)14(19)9-22-12-5-2-10(3-6-12)16(18)20/h2-8H,9H2,1H3,(H2,18,20). The molecule has 0 heterocycles. The summed E-state index contributed by atoms with van der Waals surface area (Å²) in [6.07, 6.45) is 0. The highest BCUT2D eigenvalue weighted by Gasteiger charge is 2.10. The molecule has 2 aromatic rings. The number of hydrogen-bond donors (Lipinski definition) is 1. The van der Waals surface area contributed by atoms with Gasteiger partial charge in [-0.15, -0.1) is 0 Å². The number of halogens is 1. The Bertz CT molecular complexity index is 698. The average Bonchev–Trinajstić information content (AvgIpc) is 2.52. The lowest BCUT2D eigenvalue weighted by Crippen LogP contribution is -2.12. The van der Waals surface area contributed by atoms with E-state index in [9.17, 15) is 9.59 Å². The Labute approximate surface area is 132 Å². The normalized spacial score (nSPS) is 10.1. The van der Waals surface area contributed by atoms with Crippen molar-refractivity contribution in [3.63, 3.8) is 0 Å². The second kappa shape index (κ2) is 6.95.